The number of nitrogens with one attached hydrogen (secondary N) is 2. The quantitative estimate of drug-likeness (QED) is 0.714. The van der Waals surface area contributed by atoms with Gasteiger partial charge in [-0.25, -0.2) is 0 Å². The third kappa shape index (κ3) is 2.83. The summed E-state index contributed by atoms with van der Waals surface area (Å²) in [6, 6.07) is 5.37. The summed E-state index contributed by atoms with van der Waals surface area (Å²) in [5, 5.41) is 6.08. The Morgan fingerprint density at radius 3 is 2.68 bits per heavy atom. The van der Waals surface area contributed by atoms with Crippen molar-refractivity contribution < 1.29 is 4.79 Å². The van der Waals surface area contributed by atoms with E-state index in [1.165, 1.54) is 25.7 Å². The lowest BCUT2D eigenvalue weighted by atomic mass is 9.67. The maximum atomic E-state index is 11.8. The Hall–Kier alpha value is -1.71. The van der Waals surface area contributed by atoms with Crippen molar-refractivity contribution in [2.75, 3.05) is 24.6 Å². The molecule has 0 aromatic heterocycles. The molecule has 1 aliphatic rings. The Bertz CT molecular complexity index is 461. The van der Waals surface area contributed by atoms with Crippen LogP contribution in [0.5, 0.6) is 0 Å². The van der Waals surface area contributed by atoms with Crippen molar-refractivity contribution in [2.24, 2.45) is 5.41 Å². The van der Waals surface area contributed by atoms with E-state index in [2.05, 4.69) is 17.6 Å². The smallest absolute Gasteiger partial charge is 0.253 e. The lowest BCUT2D eigenvalue weighted by molar-refractivity contribution is 0.0963. The Morgan fingerprint density at radius 1 is 1.42 bits per heavy atom. The molecule has 1 aromatic carbocycles. The lowest BCUT2D eigenvalue weighted by Crippen LogP contribution is -2.36. The molecule has 1 fully saturated rings. The van der Waals surface area contributed by atoms with Gasteiger partial charge in [-0.05, 0) is 42.9 Å². The molecule has 4 nitrogen and oxygen atoms in total. The van der Waals surface area contributed by atoms with E-state index in [0.29, 0.717) is 16.7 Å². The Kier molecular flexibility index (Phi) is 3.98. The summed E-state index contributed by atoms with van der Waals surface area (Å²) in [4.78, 5) is 11.8. The van der Waals surface area contributed by atoms with Gasteiger partial charge in [-0.2, -0.15) is 0 Å². The van der Waals surface area contributed by atoms with Crippen molar-refractivity contribution in [3.8, 4) is 0 Å². The first kappa shape index (κ1) is 13.7. The molecule has 4 N–H and O–H groups in total. The third-order valence-corrected chi connectivity index (χ3v) is 4.33. The summed E-state index contributed by atoms with van der Waals surface area (Å²) < 4.78 is 0. The van der Waals surface area contributed by atoms with Crippen LogP contribution in [0.2, 0.25) is 0 Å². The molecule has 0 aliphatic heterocycles. The number of carbonyl (C=O) groups is 1. The first-order valence-electron chi connectivity index (χ1n) is 6.96. The average Bonchev–Trinajstić information content (AvgIpc) is 2.37. The Labute approximate surface area is 114 Å². The molecule has 0 bridgehead atoms. The number of amides is 1. The zero-order chi connectivity index (χ0) is 13.9. The number of nitrogen functional groups attached to an aromatic ring is 1. The monoisotopic (exact) mass is 261 g/mol. The van der Waals surface area contributed by atoms with Crippen LogP contribution in [0.3, 0.4) is 0 Å². The molecule has 1 aliphatic carbocycles. The highest BCUT2D eigenvalue weighted by Crippen LogP contribution is 2.43. The molecule has 0 saturated heterocycles. The van der Waals surface area contributed by atoms with Gasteiger partial charge in [0.2, 0.25) is 0 Å². The van der Waals surface area contributed by atoms with E-state index in [-0.39, 0.29) is 5.91 Å². The molecule has 0 heterocycles. The predicted molar refractivity (Wildman–Crippen MR) is 79.3 cm³/mol. The molecule has 0 radical (unpaired) electrons. The van der Waals surface area contributed by atoms with Gasteiger partial charge in [0, 0.05) is 25.0 Å². The van der Waals surface area contributed by atoms with Crippen molar-refractivity contribution >= 4 is 17.3 Å². The van der Waals surface area contributed by atoms with E-state index in [1.54, 1.807) is 19.2 Å². The molecule has 4 heteroatoms. The SMILES string of the molecule is CCC1(CNc2cc(N)ccc2C(=O)NC)CCC1. The van der Waals surface area contributed by atoms with E-state index in [0.717, 1.165) is 12.2 Å². The van der Waals surface area contributed by atoms with Crippen LogP contribution in [0.25, 0.3) is 0 Å². The fourth-order valence-corrected chi connectivity index (χ4v) is 2.66. The maximum Gasteiger partial charge on any atom is 0.253 e. The summed E-state index contributed by atoms with van der Waals surface area (Å²) >= 11 is 0. The lowest BCUT2D eigenvalue weighted by Gasteiger charge is -2.41. The molecule has 104 valence electrons. The molecule has 19 heavy (non-hydrogen) atoms. The average molecular weight is 261 g/mol. The van der Waals surface area contributed by atoms with Gasteiger partial charge in [-0.1, -0.05) is 13.3 Å². The molecule has 1 aromatic rings. The van der Waals surface area contributed by atoms with Gasteiger partial charge in [0.05, 0.1) is 5.56 Å². The van der Waals surface area contributed by atoms with Crippen LogP contribution in [0.4, 0.5) is 11.4 Å². The van der Waals surface area contributed by atoms with Gasteiger partial charge in [-0.15, -0.1) is 0 Å². The zero-order valence-electron chi connectivity index (χ0n) is 11.8. The van der Waals surface area contributed by atoms with E-state index < -0.39 is 0 Å². The van der Waals surface area contributed by atoms with Crippen LogP contribution >= 0.6 is 0 Å². The highest BCUT2D eigenvalue weighted by molar-refractivity contribution is 6.00. The second-order valence-corrected chi connectivity index (χ2v) is 5.44. The van der Waals surface area contributed by atoms with Gasteiger partial charge in [0.25, 0.3) is 5.91 Å². The van der Waals surface area contributed by atoms with Crippen molar-refractivity contribution in [3.05, 3.63) is 23.8 Å². The van der Waals surface area contributed by atoms with Crippen LogP contribution in [0.15, 0.2) is 18.2 Å². The van der Waals surface area contributed by atoms with Gasteiger partial charge in [0.15, 0.2) is 0 Å². The minimum atomic E-state index is -0.0818. The van der Waals surface area contributed by atoms with Crippen molar-refractivity contribution in [1.29, 1.82) is 0 Å². The molecule has 2 rings (SSSR count). The largest absolute Gasteiger partial charge is 0.399 e. The topological polar surface area (TPSA) is 67.1 Å². The molecule has 0 spiro atoms. The standard InChI is InChI=1S/C15H23N3O/c1-3-15(7-4-8-15)10-18-13-9-11(16)5-6-12(13)14(19)17-2/h5-6,9,18H,3-4,7-8,10,16H2,1-2H3,(H,17,19). The Balaban J connectivity index is 2.14. The summed E-state index contributed by atoms with van der Waals surface area (Å²) in [5.74, 6) is -0.0818. The number of carbonyl (C=O) groups excluding carboxylic acids is 1. The molecular weight excluding hydrogens is 238 g/mol. The minimum Gasteiger partial charge on any atom is -0.399 e. The first-order chi connectivity index (χ1) is 9.10. The number of nitrogens with two attached hydrogens (primary N) is 1. The van der Waals surface area contributed by atoms with Crippen LogP contribution in [0.1, 0.15) is 43.0 Å². The van der Waals surface area contributed by atoms with Crippen LogP contribution < -0.4 is 16.4 Å². The second-order valence-electron chi connectivity index (χ2n) is 5.44. The molecular formula is C15H23N3O. The molecule has 0 unspecified atom stereocenters. The highest BCUT2D eigenvalue weighted by Gasteiger charge is 2.34. The zero-order valence-corrected chi connectivity index (χ0v) is 11.8. The fourth-order valence-electron chi connectivity index (χ4n) is 2.66. The maximum absolute atomic E-state index is 11.8. The number of anilines is 2. The van der Waals surface area contributed by atoms with Crippen molar-refractivity contribution in [1.82, 2.24) is 5.32 Å². The highest BCUT2D eigenvalue weighted by atomic mass is 16.1. The third-order valence-electron chi connectivity index (χ3n) is 4.33. The van der Waals surface area contributed by atoms with Gasteiger partial charge in [-0.3, -0.25) is 4.79 Å². The predicted octanol–water partition coefficient (Wildman–Crippen LogP) is 2.62. The summed E-state index contributed by atoms with van der Waals surface area (Å²) in [7, 11) is 1.64. The number of benzene rings is 1. The summed E-state index contributed by atoms with van der Waals surface area (Å²) in [5.41, 5.74) is 8.39. The van der Waals surface area contributed by atoms with Crippen molar-refractivity contribution in [3.63, 3.8) is 0 Å². The van der Waals surface area contributed by atoms with Gasteiger partial charge in [0.1, 0.15) is 0 Å². The van der Waals surface area contributed by atoms with E-state index in [4.69, 9.17) is 5.73 Å². The van der Waals surface area contributed by atoms with E-state index >= 15 is 0 Å². The molecule has 1 saturated carbocycles. The first-order valence-corrected chi connectivity index (χ1v) is 6.96. The van der Waals surface area contributed by atoms with Crippen LogP contribution in [-0.2, 0) is 0 Å². The normalized spacial score (nSPS) is 16.5. The molecule has 1 amide bonds. The summed E-state index contributed by atoms with van der Waals surface area (Å²) in [6.45, 7) is 3.15. The number of rotatable bonds is 5. The number of hydrogen-bond donors (Lipinski definition) is 3. The van der Waals surface area contributed by atoms with Crippen molar-refractivity contribution in [2.45, 2.75) is 32.6 Å². The fraction of sp³-hybridized carbons (Fsp3) is 0.533. The van der Waals surface area contributed by atoms with E-state index in [1.807, 2.05) is 6.07 Å². The van der Waals surface area contributed by atoms with Crippen LogP contribution in [0, 0.1) is 5.41 Å². The number of hydrogen-bond acceptors (Lipinski definition) is 3. The second kappa shape index (κ2) is 5.51. The van der Waals surface area contributed by atoms with Gasteiger partial charge >= 0.3 is 0 Å². The minimum absolute atomic E-state index is 0.0818. The molecule has 0 atom stereocenters. The Morgan fingerprint density at radius 2 is 2.16 bits per heavy atom. The summed E-state index contributed by atoms with van der Waals surface area (Å²) in [6.07, 6.45) is 5.04. The van der Waals surface area contributed by atoms with Crippen LogP contribution in [-0.4, -0.2) is 19.5 Å². The van der Waals surface area contributed by atoms with Gasteiger partial charge < -0.3 is 16.4 Å². The van der Waals surface area contributed by atoms with E-state index in [9.17, 15) is 4.79 Å².